The van der Waals surface area contributed by atoms with E-state index < -0.39 is 0 Å². The van der Waals surface area contributed by atoms with Crippen LogP contribution >= 0.6 is 0 Å². The summed E-state index contributed by atoms with van der Waals surface area (Å²) in [6.07, 6.45) is 1.93. The number of nitrogens with two attached hydrogens (primary N) is 1. The molecular formula is C22H25N3O. The van der Waals surface area contributed by atoms with Crippen molar-refractivity contribution in [1.82, 2.24) is 4.57 Å². The number of hydrogen-bond acceptors (Lipinski definition) is 3. The Kier molecular flexibility index (Phi) is 5.18. The SMILES string of the molecule is CCCOc1ccc2c(C#N)c(-c3ccc(N)cc3)n(C(C)CC)c2c1. The molecule has 2 aromatic carbocycles. The van der Waals surface area contributed by atoms with E-state index in [0.29, 0.717) is 17.9 Å². The fraction of sp³-hybridized carbons (Fsp3) is 0.318. The topological polar surface area (TPSA) is 64.0 Å². The molecule has 4 heteroatoms. The molecule has 1 aromatic heterocycles. The molecule has 1 heterocycles. The van der Waals surface area contributed by atoms with Crippen molar-refractivity contribution in [3.63, 3.8) is 0 Å². The van der Waals surface area contributed by atoms with Gasteiger partial charge in [-0.2, -0.15) is 5.26 Å². The normalized spacial score (nSPS) is 12.1. The van der Waals surface area contributed by atoms with Crippen LogP contribution in [0, 0.1) is 11.3 Å². The van der Waals surface area contributed by atoms with Gasteiger partial charge in [0.2, 0.25) is 0 Å². The Morgan fingerprint density at radius 2 is 1.88 bits per heavy atom. The molecule has 0 bridgehead atoms. The Hall–Kier alpha value is -2.93. The van der Waals surface area contributed by atoms with Crippen molar-refractivity contribution in [1.29, 1.82) is 5.26 Å². The molecule has 4 nitrogen and oxygen atoms in total. The molecule has 0 spiro atoms. The van der Waals surface area contributed by atoms with Crippen molar-refractivity contribution in [3.8, 4) is 23.1 Å². The molecule has 0 aliphatic heterocycles. The van der Waals surface area contributed by atoms with Crippen LogP contribution in [0.2, 0.25) is 0 Å². The van der Waals surface area contributed by atoms with Crippen molar-refractivity contribution in [2.24, 2.45) is 0 Å². The number of nitrogens with zero attached hydrogens (tertiary/aromatic N) is 2. The zero-order chi connectivity index (χ0) is 18.7. The van der Waals surface area contributed by atoms with E-state index in [-0.39, 0.29) is 6.04 Å². The lowest BCUT2D eigenvalue weighted by atomic mass is 10.1. The number of rotatable bonds is 6. The molecule has 0 aliphatic carbocycles. The van der Waals surface area contributed by atoms with E-state index in [2.05, 4.69) is 37.5 Å². The zero-order valence-corrected chi connectivity index (χ0v) is 15.6. The van der Waals surface area contributed by atoms with Gasteiger partial charge in [-0.3, -0.25) is 0 Å². The highest BCUT2D eigenvalue weighted by Crippen LogP contribution is 2.38. The van der Waals surface area contributed by atoms with Crippen LogP contribution in [-0.4, -0.2) is 11.2 Å². The van der Waals surface area contributed by atoms with Crippen LogP contribution in [0.1, 0.15) is 45.2 Å². The highest BCUT2D eigenvalue weighted by molar-refractivity contribution is 5.95. The first-order valence-corrected chi connectivity index (χ1v) is 9.17. The lowest BCUT2D eigenvalue weighted by Gasteiger charge is -2.18. The minimum atomic E-state index is 0.258. The summed E-state index contributed by atoms with van der Waals surface area (Å²) in [7, 11) is 0. The zero-order valence-electron chi connectivity index (χ0n) is 15.6. The van der Waals surface area contributed by atoms with Crippen molar-refractivity contribution in [2.45, 2.75) is 39.7 Å². The summed E-state index contributed by atoms with van der Waals surface area (Å²) in [6.45, 7) is 7.12. The maximum Gasteiger partial charge on any atom is 0.121 e. The van der Waals surface area contributed by atoms with E-state index in [1.807, 2.05) is 36.4 Å². The standard InChI is InChI=1S/C22H25N3O/c1-4-12-26-18-10-11-19-20(14-23)22(16-6-8-17(24)9-7-16)25(15(3)5-2)21(19)13-18/h6-11,13,15H,4-5,12,24H2,1-3H3. The molecule has 3 rings (SSSR count). The molecule has 0 saturated heterocycles. The lowest BCUT2D eigenvalue weighted by molar-refractivity contribution is 0.317. The molecule has 2 N–H and O–H groups in total. The highest BCUT2D eigenvalue weighted by Gasteiger charge is 2.21. The highest BCUT2D eigenvalue weighted by atomic mass is 16.5. The third-order valence-corrected chi connectivity index (χ3v) is 4.78. The number of hydrogen-bond donors (Lipinski definition) is 1. The van der Waals surface area contributed by atoms with Crippen LogP contribution in [0.15, 0.2) is 42.5 Å². The summed E-state index contributed by atoms with van der Waals surface area (Å²) >= 11 is 0. The molecular weight excluding hydrogens is 322 g/mol. The predicted octanol–water partition coefficient (Wildman–Crippen LogP) is 5.52. The average molecular weight is 347 g/mol. The summed E-state index contributed by atoms with van der Waals surface area (Å²) in [5.74, 6) is 0.842. The maximum absolute atomic E-state index is 9.89. The van der Waals surface area contributed by atoms with E-state index in [1.165, 1.54) is 0 Å². The molecule has 1 atom stereocenters. The number of fused-ring (bicyclic) bond motifs is 1. The molecule has 26 heavy (non-hydrogen) atoms. The quantitative estimate of drug-likeness (QED) is 0.597. The predicted molar refractivity (Wildman–Crippen MR) is 107 cm³/mol. The fourth-order valence-corrected chi connectivity index (χ4v) is 3.28. The van der Waals surface area contributed by atoms with E-state index in [1.54, 1.807) is 0 Å². The van der Waals surface area contributed by atoms with Gasteiger partial charge in [0.15, 0.2) is 0 Å². The van der Waals surface area contributed by atoms with Gasteiger partial charge >= 0.3 is 0 Å². The van der Waals surface area contributed by atoms with E-state index in [4.69, 9.17) is 10.5 Å². The molecule has 134 valence electrons. The van der Waals surface area contributed by atoms with Gasteiger partial charge in [-0.05, 0) is 49.6 Å². The van der Waals surface area contributed by atoms with Crippen LogP contribution in [0.25, 0.3) is 22.2 Å². The average Bonchev–Trinajstić information content (AvgIpc) is 2.99. The van der Waals surface area contributed by atoms with Gasteiger partial charge in [-0.1, -0.05) is 26.0 Å². The summed E-state index contributed by atoms with van der Waals surface area (Å²) in [5, 5.41) is 10.9. The first-order valence-electron chi connectivity index (χ1n) is 9.17. The Morgan fingerprint density at radius 1 is 1.15 bits per heavy atom. The van der Waals surface area contributed by atoms with Gasteiger partial charge in [0.1, 0.15) is 11.8 Å². The van der Waals surface area contributed by atoms with Gasteiger partial charge in [0.25, 0.3) is 0 Å². The van der Waals surface area contributed by atoms with Crippen LogP contribution in [0.3, 0.4) is 0 Å². The fourth-order valence-electron chi connectivity index (χ4n) is 3.28. The van der Waals surface area contributed by atoms with E-state index in [0.717, 1.165) is 40.8 Å². The molecule has 1 unspecified atom stereocenters. The summed E-state index contributed by atoms with van der Waals surface area (Å²) in [4.78, 5) is 0. The number of benzene rings is 2. The van der Waals surface area contributed by atoms with Crippen LogP contribution < -0.4 is 10.5 Å². The number of nitriles is 1. The van der Waals surface area contributed by atoms with E-state index >= 15 is 0 Å². The summed E-state index contributed by atoms with van der Waals surface area (Å²) in [5.41, 5.74) is 10.3. The first kappa shape index (κ1) is 17.9. The second-order valence-corrected chi connectivity index (χ2v) is 6.61. The smallest absolute Gasteiger partial charge is 0.121 e. The van der Waals surface area contributed by atoms with Crippen LogP contribution in [0.5, 0.6) is 5.75 Å². The van der Waals surface area contributed by atoms with Gasteiger partial charge in [0.05, 0.1) is 23.4 Å². The molecule has 0 aliphatic rings. The van der Waals surface area contributed by atoms with Crippen LogP contribution in [0.4, 0.5) is 5.69 Å². The van der Waals surface area contributed by atoms with Gasteiger partial charge in [-0.15, -0.1) is 0 Å². The van der Waals surface area contributed by atoms with Gasteiger partial charge in [-0.25, -0.2) is 0 Å². The third kappa shape index (κ3) is 3.13. The van der Waals surface area contributed by atoms with Crippen molar-refractivity contribution >= 4 is 16.6 Å². The summed E-state index contributed by atoms with van der Waals surface area (Å²) < 4.78 is 8.09. The lowest BCUT2D eigenvalue weighted by Crippen LogP contribution is -2.06. The molecule has 0 amide bonds. The Bertz CT molecular complexity index is 948. The molecule has 0 saturated carbocycles. The first-order chi connectivity index (χ1) is 12.6. The number of ether oxygens (including phenoxy) is 1. The molecule has 3 aromatic rings. The largest absolute Gasteiger partial charge is 0.494 e. The Labute approximate surface area is 154 Å². The minimum Gasteiger partial charge on any atom is -0.494 e. The van der Waals surface area contributed by atoms with Crippen molar-refractivity contribution in [3.05, 3.63) is 48.0 Å². The molecule has 0 radical (unpaired) electrons. The summed E-state index contributed by atoms with van der Waals surface area (Å²) in [6, 6.07) is 16.4. The molecule has 0 fully saturated rings. The maximum atomic E-state index is 9.89. The Morgan fingerprint density at radius 3 is 2.50 bits per heavy atom. The van der Waals surface area contributed by atoms with Gasteiger partial charge in [0, 0.05) is 23.2 Å². The monoisotopic (exact) mass is 347 g/mol. The van der Waals surface area contributed by atoms with E-state index in [9.17, 15) is 5.26 Å². The number of anilines is 1. The van der Waals surface area contributed by atoms with Crippen LogP contribution in [-0.2, 0) is 0 Å². The number of nitrogen functional groups attached to an aromatic ring is 1. The van der Waals surface area contributed by atoms with Crippen molar-refractivity contribution in [2.75, 3.05) is 12.3 Å². The van der Waals surface area contributed by atoms with Crippen molar-refractivity contribution < 1.29 is 4.74 Å². The third-order valence-electron chi connectivity index (χ3n) is 4.78. The Balaban J connectivity index is 2.30. The second kappa shape index (κ2) is 7.53. The van der Waals surface area contributed by atoms with Gasteiger partial charge < -0.3 is 15.0 Å². The second-order valence-electron chi connectivity index (χ2n) is 6.61. The number of aromatic nitrogens is 1. The minimum absolute atomic E-state index is 0.258.